The van der Waals surface area contributed by atoms with Gasteiger partial charge in [-0.05, 0) is 53.4 Å². The number of aliphatic hydroxyl groups excluding tert-OH is 1. The molecular formula is C31H40BrNO6SSi. The third kappa shape index (κ3) is 8.07. The van der Waals surface area contributed by atoms with Crippen LogP contribution in [0.25, 0.3) is 0 Å². The third-order valence-electron chi connectivity index (χ3n) is 6.59. The van der Waals surface area contributed by atoms with E-state index in [1.165, 1.54) is 0 Å². The Labute approximate surface area is 253 Å². The SMILES string of the molecule is CC(C)(C)OC(=O)N(CCO[Si](c1ccccc1)(c1ccccc1)C(C)(C)C)S(=O)(=O)Cc1cc(CO)ccc1Br. The lowest BCUT2D eigenvalue weighted by atomic mass is 10.1. The van der Waals surface area contributed by atoms with Gasteiger partial charge < -0.3 is 14.3 Å². The molecule has 0 aliphatic rings. The Morgan fingerprint density at radius 2 is 1.44 bits per heavy atom. The van der Waals surface area contributed by atoms with E-state index in [1.54, 1.807) is 39.0 Å². The predicted octanol–water partition coefficient (Wildman–Crippen LogP) is 5.58. The first-order chi connectivity index (χ1) is 19.1. The molecule has 0 aliphatic carbocycles. The molecule has 0 unspecified atom stereocenters. The van der Waals surface area contributed by atoms with Crippen LogP contribution in [0.2, 0.25) is 5.04 Å². The summed E-state index contributed by atoms with van der Waals surface area (Å²) in [4.78, 5) is 13.3. The molecule has 1 amide bonds. The van der Waals surface area contributed by atoms with Crippen molar-refractivity contribution in [3.05, 3.63) is 94.5 Å². The number of benzene rings is 3. The van der Waals surface area contributed by atoms with Gasteiger partial charge in [0.15, 0.2) is 0 Å². The summed E-state index contributed by atoms with van der Waals surface area (Å²) in [5, 5.41) is 11.3. The zero-order chi connectivity index (χ0) is 30.5. The molecule has 3 aromatic rings. The van der Waals surface area contributed by atoms with E-state index in [0.717, 1.165) is 14.7 Å². The highest BCUT2D eigenvalue weighted by Gasteiger charge is 2.50. The molecule has 3 aromatic carbocycles. The van der Waals surface area contributed by atoms with Gasteiger partial charge in [0, 0.05) is 4.47 Å². The number of halogens is 1. The Morgan fingerprint density at radius 1 is 0.902 bits per heavy atom. The number of sulfonamides is 1. The molecule has 0 fully saturated rings. The number of aliphatic hydroxyl groups is 1. The fourth-order valence-electron chi connectivity index (χ4n) is 4.81. The predicted molar refractivity (Wildman–Crippen MR) is 169 cm³/mol. The molecule has 1 N–H and O–H groups in total. The second kappa shape index (κ2) is 13.2. The van der Waals surface area contributed by atoms with Gasteiger partial charge in [0.25, 0.3) is 8.32 Å². The number of hydrogen-bond acceptors (Lipinski definition) is 6. The van der Waals surface area contributed by atoms with Crippen molar-refractivity contribution in [3.8, 4) is 0 Å². The van der Waals surface area contributed by atoms with Crippen LogP contribution >= 0.6 is 15.9 Å². The number of hydrogen-bond donors (Lipinski definition) is 1. The lowest BCUT2D eigenvalue weighted by molar-refractivity contribution is 0.0374. The van der Waals surface area contributed by atoms with E-state index in [0.29, 0.717) is 15.6 Å². The van der Waals surface area contributed by atoms with Crippen molar-refractivity contribution in [1.29, 1.82) is 0 Å². The van der Waals surface area contributed by atoms with Crippen LogP contribution in [0.4, 0.5) is 4.79 Å². The van der Waals surface area contributed by atoms with Crippen molar-refractivity contribution in [2.45, 2.75) is 64.5 Å². The molecule has 41 heavy (non-hydrogen) atoms. The fraction of sp³-hybridized carbons (Fsp3) is 0.387. The van der Waals surface area contributed by atoms with Crippen molar-refractivity contribution in [1.82, 2.24) is 4.31 Å². The molecule has 0 aromatic heterocycles. The van der Waals surface area contributed by atoms with Gasteiger partial charge in [0.05, 0.1) is 25.5 Å². The van der Waals surface area contributed by atoms with Gasteiger partial charge in [-0.15, -0.1) is 0 Å². The van der Waals surface area contributed by atoms with Gasteiger partial charge in [0.2, 0.25) is 10.0 Å². The van der Waals surface area contributed by atoms with Gasteiger partial charge in [-0.2, -0.15) is 0 Å². The van der Waals surface area contributed by atoms with Crippen LogP contribution in [0, 0.1) is 0 Å². The zero-order valence-electron chi connectivity index (χ0n) is 24.6. The average Bonchev–Trinajstić information content (AvgIpc) is 2.89. The van der Waals surface area contributed by atoms with Crippen molar-refractivity contribution in [2.75, 3.05) is 13.2 Å². The maximum atomic E-state index is 13.8. The number of carbonyl (C=O) groups excluding carboxylic acids is 1. The highest BCUT2D eigenvalue weighted by atomic mass is 79.9. The maximum absolute atomic E-state index is 13.8. The van der Waals surface area contributed by atoms with Crippen LogP contribution in [0.3, 0.4) is 0 Å². The van der Waals surface area contributed by atoms with E-state index < -0.39 is 35.8 Å². The van der Waals surface area contributed by atoms with E-state index in [4.69, 9.17) is 9.16 Å². The molecule has 222 valence electrons. The van der Waals surface area contributed by atoms with Gasteiger partial charge in [-0.25, -0.2) is 17.5 Å². The van der Waals surface area contributed by atoms with Gasteiger partial charge in [0.1, 0.15) is 5.60 Å². The molecule has 0 bridgehead atoms. The molecule has 0 radical (unpaired) electrons. The number of rotatable bonds is 10. The lowest BCUT2D eigenvalue weighted by Gasteiger charge is -2.43. The summed E-state index contributed by atoms with van der Waals surface area (Å²) in [6.45, 7) is 11.0. The Hall–Kier alpha value is -2.50. The monoisotopic (exact) mass is 661 g/mol. The van der Waals surface area contributed by atoms with Crippen molar-refractivity contribution in [2.24, 2.45) is 0 Å². The van der Waals surface area contributed by atoms with Crippen molar-refractivity contribution in [3.63, 3.8) is 0 Å². The normalized spacial score (nSPS) is 12.7. The quantitative estimate of drug-likeness (QED) is 0.285. The summed E-state index contributed by atoms with van der Waals surface area (Å²) in [6.07, 6.45) is -0.960. The second-order valence-electron chi connectivity index (χ2n) is 11.9. The van der Waals surface area contributed by atoms with Crippen LogP contribution in [-0.2, 0) is 31.5 Å². The highest BCUT2D eigenvalue weighted by molar-refractivity contribution is 9.10. The molecule has 10 heteroatoms. The topological polar surface area (TPSA) is 93.1 Å². The minimum absolute atomic E-state index is 0.0242. The van der Waals surface area contributed by atoms with E-state index in [-0.39, 0.29) is 24.8 Å². The minimum Gasteiger partial charge on any atom is -0.443 e. The first-order valence-electron chi connectivity index (χ1n) is 13.5. The Balaban J connectivity index is 2.01. The van der Waals surface area contributed by atoms with Gasteiger partial charge in [-0.3, -0.25) is 0 Å². The van der Waals surface area contributed by atoms with E-state index in [1.807, 2.05) is 36.4 Å². The maximum Gasteiger partial charge on any atom is 0.424 e. The summed E-state index contributed by atoms with van der Waals surface area (Å²) < 4.78 is 41.3. The number of amides is 1. The molecule has 0 saturated carbocycles. The zero-order valence-corrected chi connectivity index (χ0v) is 28.0. The fourth-order valence-corrected chi connectivity index (χ4v) is 11.3. The summed E-state index contributed by atoms with van der Waals surface area (Å²) in [5.41, 5.74) is 0.0939. The summed E-state index contributed by atoms with van der Waals surface area (Å²) >= 11 is 3.40. The number of nitrogens with zero attached hydrogens (tertiary/aromatic N) is 1. The lowest BCUT2D eigenvalue weighted by Crippen LogP contribution is -2.67. The summed E-state index contributed by atoms with van der Waals surface area (Å²) in [6, 6.07) is 25.0. The average molecular weight is 663 g/mol. The Bertz CT molecular complexity index is 1380. The standard InChI is InChI=1S/C31H40BrNO6SSi/c1-30(2,3)39-29(35)33(40(36,37)23-25-21-24(22-34)17-18-28(25)32)19-20-38-41(31(4,5)6,26-13-9-7-10-14-26)27-15-11-8-12-16-27/h7-18,21,34H,19-20,22-23H2,1-6H3. The molecule has 0 saturated heterocycles. The molecule has 0 atom stereocenters. The van der Waals surface area contributed by atoms with Crippen molar-refractivity contribution >= 4 is 50.7 Å². The molecule has 0 heterocycles. The third-order valence-corrected chi connectivity index (χ3v) is 14.1. The summed E-state index contributed by atoms with van der Waals surface area (Å²) in [7, 11) is -7.16. The Kier molecular flexibility index (Phi) is 10.6. The van der Waals surface area contributed by atoms with Crippen molar-refractivity contribution < 1.29 is 27.5 Å². The van der Waals surface area contributed by atoms with E-state index in [9.17, 15) is 18.3 Å². The van der Waals surface area contributed by atoms with Gasteiger partial charge in [-0.1, -0.05) is 109 Å². The molecule has 0 spiro atoms. The first kappa shape index (κ1) is 33.0. The number of carbonyl (C=O) groups is 1. The largest absolute Gasteiger partial charge is 0.443 e. The second-order valence-corrected chi connectivity index (χ2v) is 19.0. The first-order valence-corrected chi connectivity index (χ1v) is 17.8. The van der Waals surface area contributed by atoms with Crippen LogP contribution in [0.15, 0.2) is 83.3 Å². The van der Waals surface area contributed by atoms with E-state index in [2.05, 4.69) is 61.0 Å². The smallest absolute Gasteiger partial charge is 0.424 e. The molecule has 0 aliphatic heterocycles. The van der Waals surface area contributed by atoms with Crippen LogP contribution in [0.5, 0.6) is 0 Å². The van der Waals surface area contributed by atoms with Gasteiger partial charge >= 0.3 is 6.09 Å². The summed E-state index contributed by atoms with van der Waals surface area (Å²) in [5.74, 6) is -0.458. The van der Waals surface area contributed by atoms with E-state index >= 15 is 0 Å². The van der Waals surface area contributed by atoms with Crippen LogP contribution < -0.4 is 10.4 Å². The Morgan fingerprint density at radius 3 is 1.90 bits per heavy atom. The molecule has 7 nitrogen and oxygen atoms in total. The van der Waals surface area contributed by atoms with Crippen LogP contribution in [-0.4, -0.2) is 51.0 Å². The highest BCUT2D eigenvalue weighted by Crippen LogP contribution is 2.36. The minimum atomic E-state index is -4.19. The molecular weight excluding hydrogens is 622 g/mol. The number of ether oxygens (including phenoxy) is 1. The van der Waals surface area contributed by atoms with Crippen LogP contribution in [0.1, 0.15) is 52.7 Å². The molecule has 3 rings (SSSR count).